The molecule has 0 saturated carbocycles. The monoisotopic (exact) mass is 318 g/mol. The summed E-state index contributed by atoms with van der Waals surface area (Å²) in [6.07, 6.45) is -0.658. The molecule has 2 unspecified atom stereocenters. The van der Waals surface area contributed by atoms with Crippen molar-refractivity contribution in [3.05, 3.63) is 23.8 Å². The lowest BCUT2D eigenvalue weighted by Crippen LogP contribution is -2.41. The molecule has 3 N–H and O–H groups in total. The van der Waals surface area contributed by atoms with Gasteiger partial charge in [0.25, 0.3) is 5.91 Å². The zero-order valence-electron chi connectivity index (χ0n) is 12.7. The minimum absolute atomic E-state index is 0. The highest BCUT2D eigenvalue weighted by Gasteiger charge is 2.20. The van der Waals surface area contributed by atoms with Crippen LogP contribution in [0.2, 0.25) is 0 Å². The Balaban J connectivity index is 0.00000400. The highest BCUT2D eigenvalue weighted by atomic mass is 35.5. The van der Waals surface area contributed by atoms with Crippen LogP contribution >= 0.6 is 12.4 Å². The van der Waals surface area contributed by atoms with Crippen molar-refractivity contribution in [3.63, 3.8) is 0 Å². The Labute approximate surface area is 131 Å². The summed E-state index contributed by atoms with van der Waals surface area (Å²) in [5.74, 6) is 1.12. The molecule has 21 heavy (non-hydrogen) atoms. The lowest BCUT2D eigenvalue weighted by molar-refractivity contribution is -0.131. The van der Waals surface area contributed by atoms with Crippen molar-refractivity contribution in [1.29, 1.82) is 0 Å². The first-order valence-electron chi connectivity index (χ1n) is 6.32. The second-order valence-corrected chi connectivity index (χ2v) is 4.30. The Morgan fingerprint density at radius 3 is 2.43 bits per heavy atom. The molecule has 1 aromatic carbocycles. The Hall–Kier alpha value is -1.50. The van der Waals surface area contributed by atoms with Crippen LogP contribution in [0.25, 0.3) is 0 Å². The summed E-state index contributed by atoms with van der Waals surface area (Å²) in [5, 5.41) is 2.84. The van der Waals surface area contributed by atoms with Gasteiger partial charge in [-0.3, -0.25) is 4.79 Å². The molecule has 0 spiro atoms. The van der Waals surface area contributed by atoms with E-state index in [9.17, 15) is 4.79 Å². The highest BCUT2D eigenvalue weighted by Crippen LogP contribution is 2.29. The normalized spacial score (nSPS) is 12.8. The zero-order chi connectivity index (χ0) is 15.1. The van der Waals surface area contributed by atoms with Gasteiger partial charge in [-0.1, -0.05) is 0 Å². The SMILES string of the molecule is COc1ccc(OC)c(C(C)NC(=O)C(CN)OC)c1.Cl. The average Bonchev–Trinajstić information content (AvgIpc) is 2.47. The molecule has 2 atom stereocenters. The van der Waals surface area contributed by atoms with E-state index < -0.39 is 6.10 Å². The van der Waals surface area contributed by atoms with Crippen LogP contribution in [0.3, 0.4) is 0 Å². The van der Waals surface area contributed by atoms with Gasteiger partial charge in [-0.05, 0) is 25.1 Å². The van der Waals surface area contributed by atoms with E-state index in [1.807, 2.05) is 13.0 Å². The predicted octanol–water partition coefficient (Wildman–Crippen LogP) is 1.28. The molecule has 0 aromatic heterocycles. The van der Waals surface area contributed by atoms with Gasteiger partial charge in [0.15, 0.2) is 0 Å². The number of ether oxygens (including phenoxy) is 3. The van der Waals surface area contributed by atoms with E-state index in [2.05, 4.69) is 5.32 Å². The molecule has 0 aliphatic heterocycles. The fraction of sp³-hybridized carbons (Fsp3) is 0.500. The lowest BCUT2D eigenvalue weighted by Gasteiger charge is -2.20. The van der Waals surface area contributed by atoms with Gasteiger partial charge in [0.2, 0.25) is 0 Å². The molecular weight excluding hydrogens is 296 g/mol. The topological polar surface area (TPSA) is 82.8 Å². The number of methoxy groups -OCH3 is 3. The van der Waals surface area contributed by atoms with Crippen molar-refractivity contribution in [1.82, 2.24) is 5.32 Å². The molecule has 0 bridgehead atoms. The number of benzene rings is 1. The van der Waals surface area contributed by atoms with Gasteiger partial charge in [-0.2, -0.15) is 0 Å². The minimum Gasteiger partial charge on any atom is -0.497 e. The molecule has 1 rings (SSSR count). The number of amides is 1. The average molecular weight is 319 g/mol. The summed E-state index contributed by atoms with van der Waals surface area (Å²) in [6.45, 7) is 1.99. The number of nitrogens with two attached hydrogens (primary N) is 1. The summed E-state index contributed by atoms with van der Waals surface area (Å²) in [7, 11) is 4.62. The number of hydrogen-bond donors (Lipinski definition) is 2. The molecule has 120 valence electrons. The molecule has 0 saturated heterocycles. The first kappa shape index (κ1) is 19.5. The van der Waals surface area contributed by atoms with E-state index in [4.69, 9.17) is 19.9 Å². The maximum absolute atomic E-state index is 12.0. The first-order chi connectivity index (χ1) is 9.57. The van der Waals surface area contributed by atoms with Crippen molar-refractivity contribution in [2.45, 2.75) is 19.1 Å². The molecule has 1 amide bonds. The quantitative estimate of drug-likeness (QED) is 0.791. The summed E-state index contributed by atoms with van der Waals surface area (Å²) < 4.78 is 15.5. The van der Waals surface area contributed by atoms with Gasteiger partial charge in [-0.25, -0.2) is 0 Å². The van der Waals surface area contributed by atoms with Crippen LogP contribution in [-0.2, 0) is 9.53 Å². The van der Waals surface area contributed by atoms with E-state index in [0.29, 0.717) is 11.5 Å². The number of hydrogen-bond acceptors (Lipinski definition) is 5. The molecule has 0 radical (unpaired) electrons. The van der Waals surface area contributed by atoms with Crippen molar-refractivity contribution in [2.24, 2.45) is 5.73 Å². The number of halogens is 1. The summed E-state index contributed by atoms with van der Waals surface area (Å²) in [4.78, 5) is 12.0. The van der Waals surface area contributed by atoms with Crippen LogP contribution in [0.15, 0.2) is 18.2 Å². The maximum Gasteiger partial charge on any atom is 0.250 e. The van der Waals surface area contributed by atoms with E-state index in [1.165, 1.54) is 7.11 Å². The maximum atomic E-state index is 12.0. The minimum atomic E-state index is -0.658. The molecule has 7 heteroatoms. The fourth-order valence-electron chi connectivity index (χ4n) is 1.87. The molecular formula is C14H23ClN2O4. The first-order valence-corrected chi connectivity index (χ1v) is 6.32. The molecule has 0 heterocycles. The standard InChI is InChI=1S/C14H22N2O4.ClH/c1-9(16-14(17)13(8-15)20-4)11-7-10(18-2)5-6-12(11)19-3;/h5-7,9,13H,8,15H2,1-4H3,(H,16,17);1H. The second-order valence-electron chi connectivity index (χ2n) is 4.30. The van der Waals surface area contributed by atoms with Crippen LogP contribution in [0.4, 0.5) is 0 Å². The van der Waals surface area contributed by atoms with E-state index in [1.54, 1.807) is 26.4 Å². The summed E-state index contributed by atoms with van der Waals surface area (Å²) in [5.41, 5.74) is 6.30. The second kappa shape index (κ2) is 9.44. The Morgan fingerprint density at radius 2 is 1.95 bits per heavy atom. The smallest absolute Gasteiger partial charge is 0.250 e. The van der Waals surface area contributed by atoms with Crippen LogP contribution in [-0.4, -0.2) is 39.9 Å². The Morgan fingerprint density at radius 1 is 1.29 bits per heavy atom. The van der Waals surface area contributed by atoms with Crippen molar-refractivity contribution < 1.29 is 19.0 Å². The predicted molar refractivity (Wildman–Crippen MR) is 83.2 cm³/mol. The largest absolute Gasteiger partial charge is 0.497 e. The van der Waals surface area contributed by atoms with E-state index in [-0.39, 0.29) is 30.9 Å². The number of carbonyl (C=O) groups is 1. The molecule has 1 aromatic rings. The van der Waals surface area contributed by atoms with E-state index >= 15 is 0 Å². The number of carbonyl (C=O) groups excluding carboxylic acids is 1. The molecule has 0 aliphatic rings. The van der Waals surface area contributed by atoms with E-state index in [0.717, 1.165) is 5.56 Å². The zero-order valence-corrected chi connectivity index (χ0v) is 13.5. The molecule has 0 aliphatic carbocycles. The van der Waals surface area contributed by atoms with Crippen molar-refractivity contribution in [3.8, 4) is 11.5 Å². The van der Waals surface area contributed by atoms with Crippen LogP contribution in [0, 0.1) is 0 Å². The third-order valence-electron chi connectivity index (χ3n) is 3.05. The highest BCUT2D eigenvalue weighted by molar-refractivity contribution is 5.85. The molecule has 6 nitrogen and oxygen atoms in total. The van der Waals surface area contributed by atoms with Gasteiger partial charge in [0, 0.05) is 19.2 Å². The number of rotatable bonds is 7. The van der Waals surface area contributed by atoms with Crippen LogP contribution < -0.4 is 20.5 Å². The van der Waals surface area contributed by atoms with Gasteiger partial charge < -0.3 is 25.3 Å². The van der Waals surface area contributed by atoms with Gasteiger partial charge >= 0.3 is 0 Å². The fourth-order valence-corrected chi connectivity index (χ4v) is 1.87. The summed E-state index contributed by atoms with van der Waals surface area (Å²) >= 11 is 0. The van der Waals surface area contributed by atoms with Gasteiger partial charge in [-0.15, -0.1) is 12.4 Å². The van der Waals surface area contributed by atoms with Gasteiger partial charge in [0.1, 0.15) is 17.6 Å². The molecule has 0 fully saturated rings. The van der Waals surface area contributed by atoms with Gasteiger partial charge in [0.05, 0.1) is 20.3 Å². The lowest BCUT2D eigenvalue weighted by atomic mass is 10.1. The Bertz CT molecular complexity index is 453. The number of nitrogens with one attached hydrogen (secondary N) is 1. The van der Waals surface area contributed by atoms with Crippen LogP contribution in [0.1, 0.15) is 18.5 Å². The van der Waals surface area contributed by atoms with Crippen molar-refractivity contribution in [2.75, 3.05) is 27.9 Å². The third kappa shape index (κ3) is 5.08. The Kier molecular flexibility index (Phi) is 8.76. The van der Waals surface area contributed by atoms with Crippen molar-refractivity contribution >= 4 is 18.3 Å². The third-order valence-corrected chi connectivity index (χ3v) is 3.05. The summed E-state index contributed by atoms with van der Waals surface area (Å²) in [6, 6.07) is 5.17. The van der Waals surface area contributed by atoms with Crippen LogP contribution in [0.5, 0.6) is 11.5 Å².